The fourth-order valence-electron chi connectivity index (χ4n) is 1.91. The van der Waals surface area contributed by atoms with Crippen LogP contribution in [-0.2, 0) is 6.42 Å². The van der Waals surface area contributed by atoms with Crippen molar-refractivity contribution >= 4 is 11.7 Å². The van der Waals surface area contributed by atoms with Crippen LogP contribution in [0, 0.1) is 12.3 Å². The van der Waals surface area contributed by atoms with Crippen LogP contribution in [0.25, 0.3) is 0 Å². The van der Waals surface area contributed by atoms with E-state index >= 15 is 0 Å². The summed E-state index contributed by atoms with van der Waals surface area (Å²) in [6.45, 7) is 0.702. The first-order valence-corrected chi connectivity index (χ1v) is 4.85. The molecule has 0 unspecified atom stereocenters. The lowest BCUT2D eigenvalue weighted by Gasteiger charge is -2.17. The molecule has 3 nitrogen and oxygen atoms in total. The van der Waals surface area contributed by atoms with Crippen molar-refractivity contribution in [2.75, 3.05) is 18.5 Å². The molecule has 2 amide bonds. The molecule has 0 bridgehead atoms. The van der Waals surface area contributed by atoms with Gasteiger partial charge in [0, 0.05) is 19.2 Å². The zero-order valence-corrected chi connectivity index (χ0v) is 8.58. The number of nitrogens with zero attached hydrogens (tertiary/aromatic N) is 1. The molecule has 0 radical (unpaired) electrons. The van der Waals surface area contributed by atoms with Gasteiger partial charge in [-0.3, -0.25) is 4.90 Å². The fraction of sp³-hybridized carbons (Fsp3) is 0.250. The quantitative estimate of drug-likeness (QED) is 0.630. The van der Waals surface area contributed by atoms with E-state index < -0.39 is 0 Å². The van der Waals surface area contributed by atoms with Gasteiger partial charge >= 0.3 is 6.03 Å². The first kappa shape index (κ1) is 9.60. The number of urea groups is 1. The minimum atomic E-state index is -0.101. The van der Waals surface area contributed by atoms with Crippen LogP contribution in [0.5, 0.6) is 0 Å². The average Bonchev–Trinajstić information content (AvgIpc) is 2.71. The number of para-hydroxylation sites is 1. The Labute approximate surface area is 89.1 Å². The highest BCUT2D eigenvalue weighted by molar-refractivity contribution is 5.95. The Balaban J connectivity index is 2.49. The van der Waals surface area contributed by atoms with Gasteiger partial charge in [0.25, 0.3) is 0 Å². The van der Waals surface area contributed by atoms with Gasteiger partial charge < -0.3 is 5.32 Å². The maximum atomic E-state index is 11.6. The summed E-state index contributed by atoms with van der Waals surface area (Å²) >= 11 is 0. The van der Waals surface area contributed by atoms with Gasteiger partial charge in [-0.25, -0.2) is 4.79 Å². The molecule has 1 N–H and O–H groups in total. The minimum absolute atomic E-state index is 0.101. The zero-order valence-electron chi connectivity index (χ0n) is 8.58. The Morgan fingerprint density at radius 1 is 1.60 bits per heavy atom. The Morgan fingerprint density at radius 2 is 2.40 bits per heavy atom. The predicted octanol–water partition coefficient (Wildman–Crippen LogP) is 1.37. The highest BCUT2D eigenvalue weighted by atomic mass is 16.2. The van der Waals surface area contributed by atoms with Crippen molar-refractivity contribution in [2.45, 2.75) is 6.42 Å². The molecule has 0 aromatic heterocycles. The van der Waals surface area contributed by atoms with E-state index in [9.17, 15) is 4.79 Å². The van der Waals surface area contributed by atoms with E-state index in [0.717, 1.165) is 23.2 Å². The Kier molecular flexibility index (Phi) is 2.34. The van der Waals surface area contributed by atoms with Gasteiger partial charge in [-0.1, -0.05) is 18.1 Å². The Bertz CT molecular complexity index is 445. The summed E-state index contributed by atoms with van der Waals surface area (Å²) < 4.78 is 0. The molecule has 0 spiro atoms. The maximum absolute atomic E-state index is 11.6. The van der Waals surface area contributed by atoms with Crippen molar-refractivity contribution in [3.63, 3.8) is 0 Å². The Hall–Kier alpha value is -1.95. The molecule has 76 valence electrons. The molecule has 1 aromatic carbocycles. The van der Waals surface area contributed by atoms with Gasteiger partial charge in [0.15, 0.2) is 0 Å². The minimum Gasteiger partial charge on any atom is -0.341 e. The van der Waals surface area contributed by atoms with Crippen LogP contribution in [0.15, 0.2) is 18.2 Å². The molecular weight excluding hydrogens is 188 g/mol. The summed E-state index contributed by atoms with van der Waals surface area (Å²) in [6, 6.07) is 5.71. The summed E-state index contributed by atoms with van der Waals surface area (Å²) in [6.07, 6.45) is 6.29. The van der Waals surface area contributed by atoms with Crippen LogP contribution in [0.4, 0.5) is 10.5 Å². The number of anilines is 1. The number of carbonyl (C=O) groups is 1. The summed E-state index contributed by atoms with van der Waals surface area (Å²) in [7, 11) is 1.62. The van der Waals surface area contributed by atoms with E-state index in [1.807, 2.05) is 18.2 Å². The summed E-state index contributed by atoms with van der Waals surface area (Å²) in [5.41, 5.74) is 2.82. The van der Waals surface area contributed by atoms with Crippen LogP contribution in [-0.4, -0.2) is 19.6 Å². The third-order valence-corrected chi connectivity index (χ3v) is 2.61. The Morgan fingerprint density at radius 3 is 3.07 bits per heavy atom. The standard InChI is InChI=1S/C12H12N2O/c1-3-9-5-4-6-10-7-8-14(11(9)10)12(15)13-2/h1,4-6H,7-8H2,2H3,(H,13,15). The molecular formula is C12H12N2O. The van der Waals surface area contributed by atoms with Gasteiger partial charge in [0.1, 0.15) is 0 Å². The molecule has 0 fully saturated rings. The molecule has 1 aliphatic heterocycles. The second-order valence-corrected chi connectivity index (χ2v) is 3.41. The molecule has 1 heterocycles. The lowest BCUT2D eigenvalue weighted by Crippen LogP contribution is -2.37. The number of fused-ring (bicyclic) bond motifs is 1. The van der Waals surface area contributed by atoms with E-state index in [2.05, 4.69) is 11.2 Å². The van der Waals surface area contributed by atoms with Gasteiger partial charge in [-0.2, -0.15) is 0 Å². The monoisotopic (exact) mass is 200 g/mol. The molecule has 0 aliphatic carbocycles. The topological polar surface area (TPSA) is 32.3 Å². The predicted molar refractivity (Wildman–Crippen MR) is 59.9 cm³/mol. The number of terminal acetylenes is 1. The maximum Gasteiger partial charge on any atom is 0.321 e. The number of rotatable bonds is 0. The van der Waals surface area contributed by atoms with Crippen molar-refractivity contribution in [3.8, 4) is 12.3 Å². The van der Waals surface area contributed by atoms with Crippen molar-refractivity contribution < 1.29 is 4.79 Å². The number of hydrogen-bond acceptors (Lipinski definition) is 1. The van der Waals surface area contributed by atoms with E-state index in [-0.39, 0.29) is 6.03 Å². The summed E-state index contributed by atoms with van der Waals surface area (Å²) in [5, 5.41) is 2.62. The molecule has 15 heavy (non-hydrogen) atoms. The molecule has 3 heteroatoms. The normalized spacial score (nSPS) is 13.2. The van der Waals surface area contributed by atoms with Crippen molar-refractivity contribution in [3.05, 3.63) is 29.3 Å². The lowest BCUT2D eigenvalue weighted by molar-refractivity contribution is 0.248. The van der Waals surface area contributed by atoms with Crippen molar-refractivity contribution in [2.24, 2.45) is 0 Å². The van der Waals surface area contributed by atoms with Gasteiger partial charge in [-0.05, 0) is 18.1 Å². The highest BCUT2D eigenvalue weighted by Crippen LogP contribution is 2.31. The number of amides is 2. The molecule has 0 saturated carbocycles. The van der Waals surface area contributed by atoms with Crippen LogP contribution < -0.4 is 10.2 Å². The lowest BCUT2D eigenvalue weighted by atomic mass is 10.1. The second-order valence-electron chi connectivity index (χ2n) is 3.41. The molecule has 1 aliphatic rings. The number of benzene rings is 1. The molecule has 2 rings (SSSR count). The van der Waals surface area contributed by atoms with Crippen LogP contribution >= 0.6 is 0 Å². The number of hydrogen-bond donors (Lipinski definition) is 1. The summed E-state index contributed by atoms with van der Waals surface area (Å²) in [4.78, 5) is 13.3. The molecule has 0 saturated heterocycles. The van der Waals surface area contributed by atoms with Gasteiger partial charge in [0.2, 0.25) is 0 Å². The third-order valence-electron chi connectivity index (χ3n) is 2.61. The highest BCUT2D eigenvalue weighted by Gasteiger charge is 2.25. The first-order valence-electron chi connectivity index (χ1n) is 4.85. The molecule has 1 aromatic rings. The van der Waals surface area contributed by atoms with E-state index in [1.165, 1.54) is 0 Å². The van der Waals surface area contributed by atoms with E-state index in [0.29, 0.717) is 6.54 Å². The van der Waals surface area contributed by atoms with E-state index in [4.69, 9.17) is 6.42 Å². The summed E-state index contributed by atoms with van der Waals surface area (Å²) in [5.74, 6) is 2.61. The third kappa shape index (κ3) is 1.44. The number of carbonyl (C=O) groups excluding carboxylic acids is 1. The van der Waals surface area contributed by atoms with Crippen LogP contribution in [0.2, 0.25) is 0 Å². The SMILES string of the molecule is C#Cc1cccc2c1N(C(=O)NC)CC2. The largest absolute Gasteiger partial charge is 0.341 e. The number of nitrogens with one attached hydrogen (secondary N) is 1. The van der Waals surface area contributed by atoms with Crippen LogP contribution in [0.1, 0.15) is 11.1 Å². The van der Waals surface area contributed by atoms with Crippen molar-refractivity contribution in [1.29, 1.82) is 0 Å². The van der Waals surface area contributed by atoms with Gasteiger partial charge in [-0.15, -0.1) is 6.42 Å². The van der Waals surface area contributed by atoms with Crippen molar-refractivity contribution in [1.82, 2.24) is 5.32 Å². The fourth-order valence-corrected chi connectivity index (χ4v) is 1.91. The second kappa shape index (κ2) is 3.66. The van der Waals surface area contributed by atoms with Crippen LogP contribution in [0.3, 0.4) is 0 Å². The average molecular weight is 200 g/mol. The van der Waals surface area contributed by atoms with Gasteiger partial charge in [0.05, 0.1) is 5.69 Å². The smallest absolute Gasteiger partial charge is 0.321 e. The van der Waals surface area contributed by atoms with E-state index in [1.54, 1.807) is 11.9 Å². The molecule has 0 atom stereocenters. The zero-order chi connectivity index (χ0) is 10.8. The first-order chi connectivity index (χ1) is 7.27.